The Morgan fingerprint density at radius 3 is 2.29 bits per heavy atom. The first-order chi connectivity index (χ1) is 13.8. The number of aryl methyl sites for hydroxylation is 1. The first kappa shape index (κ1) is 16.9. The van der Waals surface area contributed by atoms with Crippen molar-refractivity contribution in [3.8, 4) is 0 Å². The molecule has 0 spiro atoms. The van der Waals surface area contributed by atoms with Crippen LogP contribution in [0.1, 0.15) is 11.3 Å². The topological polar surface area (TPSA) is 61.3 Å². The van der Waals surface area contributed by atoms with Crippen molar-refractivity contribution in [1.29, 1.82) is 0 Å². The van der Waals surface area contributed by atoms with Crippen molar-refractivity contribution in [3.63, 3.8) is 0 Å². The third kappa shape index (κ3) is 3.13. The summed E-state index contributed by atoms with van der Waals surface area (Å²) in [5.41, 5.74) is 3.65. The predicted molar refractivity (Wildman–Crippen MR) is 110 cm³/mol. The number of piperazine rings is 1. The Balaban J connectivity index is 1.36. The van der Waals surface area contributed by atoms with E-state index in [-0.39, 0.29) is 0 Å². The zero-order chi connectivity index (χ0) is 18.9. The molecule has 0 radical (unpaired) electrons. The average molecular weight is 373 g/mol. The minimum Gasteiger partial charge on any atom is -0.337 e. The summed E-state index contributed by atoms with van der Waals surface area (Å²) >= 11 is 0. The fraction of sp³-hybridized carbons (Fsp3) is 0.333. The van der Waals surface area contributed by atoms with E-state index in [1.54, 1.807) is 12.4 Å². The van der Waals surface area contributed by atoms with Crippen molar-refractivity contribution in [2.75, 3.05) is 47.4 Å². The van der Waals surface area contributed by atoms with Gasteiger partial charge in [-0.25, -0.2) is 15.0 Å². The summed E-state index contributed by atoms with van der Waals surface area (Å²) in [6.07, 6.45) is 4.64. The van der Waals surface area contributed by atoms with Crippen LogP contribution in [0.2, 0.25) is 0 Å². The standard InChI is InChI=1S/C21H23N7/c1-16-15-19(28-10-7-17-5-2-3-6-18(17)28)25-21(24-16)27-13-11-26(12-14-27)20-22-8-4-9-23-20/h2-6,8-9,15H,7,10-14H2,1H3. The van der Waals surface area contributed by atoms with E-state index in [4.69, 9.17) is 9.97 Å². The maximum atomic E-state index is 4.93. The Kier molecular flexibility index (Phi) is 4.27. The molecular weight excluding hydrogens is 350 g/mol. The molecule has 3 aromatic rings. The summed E-state index contributed by atoms with van der Waals surface area (Å²) in [6.45, 7) is 6.46. The number of hydrogen-bond donors (Lipinski definition) is 0. The Bertz CT molecular complexity index is 967. The minimum absolute atomic E-state index is 0.793. The van der Waals surface area contributed by atoms with E-state index in [0.29, 0.717) is 0 Å². The van der Waals surface area contributed by atoms with Gasteiger partial charge in [-0.3, -0.25) is 0 Å². The molecule has 1 aromatic carbocycles. The highest BCUT2D eigenvalue weighted by atomic mass is 15.4. The number of rotatable bonds is 3. The molecular formula is C21H23N7. The monoisotopic (exact) mass is 373 g/mol. The minimum atomic E-state index is 0.793. The van der Waals surface area contributed by atoms with E-state index in [2.05, 4.69) is 55.0 Å². The summed E-state index contributed by atoms with van der Waals surface area (Å²) in [5.74, 6) is 2.59. The zero-order valence-electron chi connectivity index (χ0n) is 16.0. The molecule has 0 amide bonds. The highest BCUT2D eigenvalue weighted by Gasteiger charge is 2.24. The highest BCUT2D eigenvalue weighted by molar-refractivity contribution is 5.68. The quantitative estimate of drug-likeness (QED) is 0.699. The Hall–Kier alpha value is -3.22. The van der Waals surface area contributed by atoms with Crippen LogP contribution in [0.3, 0.4) is 0 Å². The molecule has 28 heavy (non-hydrogen) atoms. The van der Waals surface area contributed by atoms with Crippen LogP contribution in [0.5, 0.6) is 0 Å². The van der Waals surface area contributed by atoms with Crippen molar-refractivity contribution in [2.45, 2.75) is 13.3 Å². The number of fused-ring (bicyclic) bond motifs is 1. The lowest BCUT2D eigenvalue weighted by Gasteiger charge is -2.35. The van der Waals surface area contributed by atoms with Crippen LogP contribution in [0.15, 0.2) is 48.8 Å². The second kappa shape index (κ2) is 7.07. The first-order valence-corrected chi connectivity index (χ1v) is 9.76. The van der Waals surface area contributed by atoms with E-state index in [9.17, 15) is 0 Å². The maximum Gasteiger partial charge on any atom is 0.227 e. The third-order valence-electron chi connectivity index (χ3n) is 5.39. The molecule has 7 nitrogen and oxygen atoms in total. The highest BCUT2D eigenvalue weighted by Crippen LogP contribution is 2.34. The van der Waals surface area contributed by atoms with E-state index in [1.807, 2.05) is 13.0 Å². The summed E-state index contributed by atoms with van der Waals surface area (Å²) in [5, 5.41) is 0. The number of benzene rings is 1. The molecule has 1 saturated heterocycles. The van der Waals surface area contributed by atoms with Crippen LogP contribution in [0.4, 0.5) is 23.4 Å². The fourth-order valence-electron chi connectivity index (χ4n) is 3.95. The molecule has 142 valence electrons. The number of nitrogens with zero attached hydrogens (tertiary/aromatic N) is 7. The van der Waals surface area contributed by atoms with E-state index < -0.39 is 0 Å². The van der Waals surface area contributed by atoms with Crippen molar-refractivity contribution < 1.29 is 0 Å². The fourth-order valence-corrected chi connectivity index (χ4v) is 3.95. The second-order valence-electron chi connectivity index (χ2n) is 7.22. The third-order valence-corrected chi connectivity index (χ3v) is 5.39. The van der Waals surface area contributed by atoms with Gasteiger partial charge in [0.1, 0.15) is 5.82 Å². The van der Waals surface area contributed by atoms with Gasteiger partial charge in [0.05, 0.1) is 0 Å². The molecule has 0 bridgehead atoms. The van der Waals surface area contributed by atoms with Crippen LogP contribution >= 0.6 is 0 Å². The largest absolute Gasteiger partial charge is 0.337 e. The van der Waals surface area contributed by atoms with Crippen molar-refractivity contribution in [1.82, 2.24) is 19.9 Å². The lowest BCUT2D eigenvalue weighted by atomic mass is 10.2. The predicted octanol–water partition coefficient (Wildman–Crippen LogP) is 2.60. The van der Waals surface area contributed by atoms with Gasteiger partial charge in [-0.05, 0) is 31.0 Å². The smallest absolute Gasteiger partial charge is 0.227 e. The maximum absolute atomic E-state index is 4.93. The zero-order valence-corrected chi connectivity index (χ0v) is 16.0. The second-order valence-corrected chi connectivity index (χ2v) is 7.22. The molecule has 4 heterocycles. The van der Waals surface area contributed by atoms with Crippen molar-refractivity contribution in [2.24, 2.45) is 0 Å². The molecule has 2 aromatic heterocycles. The number of para-hydroxylation sites is 1. The lowest BCUT2D eigenvalue weighted by molar-refractivity contribution is 0.627. The number of aromatic nitrogens is 4. The molecule has 0 N–H and O–H groups in total. The van der Waals surface area contributed by atoms with Crippen LogP contribution in [-0.4, -0.2) is 52.7 Å². The molecule has 2 aliphatic rings. The Morgan fingerprint density at radius 1 is 0.786 bits per heavy atom. The summed E-state index contributed by atoms with van der Waals surface area (Å²) < 4.78 is 0. The summed E-state index contributed by atoms with van der Waals surface area (Å²) in [7, 11) is 0. The number of hydrogen-bond acceptors (Lipinski definition) is 7. The molecule has 0 saturated carbocycles. The normalized spacial score (nSPS) is 16.4. The van der Waals surface area contributed by atoms with Crippen LogP contribution in [-0.2, 0) is 6.42 Å². The lowest BCUT2D eigenvalue weighted by Crippen LogP contribution is -2.47. The SMILES string of the molecule is Cc1cc(N2CCc3ccccc32)nc(N2CCN(c3ncccn3)CC2)n1. The van der Waals surface area contributed by atoms with Crippen LogP contribution < -0.4 is 14.7 Å². The summed E-state index contributed by atoms with van der Waals surface area (Å²) in [4.78, 5) is 25.1. The number of anilines is 4. The Morgan fingerprint density at radius 2 is 1.50 bits per heavy atom. The average Bonchev–Trinajstić information content (AvgIpc) is 3.18. The molecule has 1 fully saturated rings. The van der Waals surface area contributed by atoms with Gasteiger partial charge >= 0.3 is 0 Å². The molecule has 7 heteroatoms. The summed E-state index contributed by atoms with van der Waals surface area (Å²) in [6, 6.07) is 12.5. The van der Waals surface area contributed by atoms with Gasteiger partial charge in [-0.1, -0.05) is 18.2 Å². The van der Waals surface area contributed by atoms with Gasteiger partial charge in [-0.15, -0.1) is 0 Å². The van der Waals surface area contributed by atoms with E-state index >= 15 is 0 Å². The van der Waals surface area contributed by atoms with Gasteiger partial charge in [0.15, 0.2) is 0 Å². The van der Waals surface area contributed by atoms with Gasteiger partial charge in [0, 0.05) is 62.6 Å². The Labute approximate surface area is 164 Å². The first-order valence-electron chi connectivity index (χ1n) is 9.76. The molecule has 0 aliphatic carbocycles. The van der Waals surface area contributed by atoms with Crippen LogP contribution in [0, 0.1) is 6.92 Å². The van der Waals surface area contributed by atoms with Crippen LogP contribution in [0.25, 0.3) is 0 Å². The van der Waals surface area contributed by atoms with Gasteiger partial charge in [0.2, 0.25) is 11.9 Å². The van der Waals surface area contributed by atoms with Gasteiger partial charge in [0.25, 0.3) is 0 Å². The molecule has 0 atom stereocenters. The molecule has 2 aliphatic heterocycles. The van der Waals surface area contributed by atoms with Crippen molar-refractivity contribution >= 4 is 23.4 Å². The van der Waals surface area contributed by atoms with Gasteiger partial charge < -0.3 is 14.7 Å². The van der Waals surface area contributed by atoms with E-state index in [0.717, 1.165) is 62.6 Å². The molecule has 5 rings (SSSR count). The van der Waals surface area contributed by atoms with Crippen molar-refractivity contribution in [3.05, 3.63) is 60.0 Å². The van der Waals surface area contributed by atoms with E-state index in [1.165, 1.54) is 11.3 Å². The molecule has 0 unspecified atom stereocenters. The van der Waals surface area contributed by atoms with Gasteiger partial charge in [-0.2, -0.15) is 4.98 Å².